The van der Waals surface area contributed by atoms with Crippen molar-refractivity contribution in [3.8, 4) is 0 Å². The Balaban J connectivity index is 2.03. The summed E-state index contributed by atoms with van der Waals surface area (Å²) in [4.78, 5) is 13.7. The number of halogens is 3. The first-order valence-electron chi connectivity index (χ1n) is 7.69. The summed E-state index contributed by atoms with van der Waals surface area (Å²) in [6.45, 7) is 0. The molecule has 0 amide bonds. The van der Waals surface area contributed by atoms with Gasteiger partial charge in [-0.25, -0.2) is 9.97 Å². The SMILES string of the molecule is CN(C)c1cc(C(F)(F)F)nc(NC(c2ccccc2)c2nccs2)n1. The summed E-state index contributed by atoms with van der Waals surface area (Å²) in [5.74, 6) is 0.0633. The molecule has 3 aromatic rings. The highest BCUT2D eigenvalue weighted by Gasteiger charge is 2.34. The Morgan fingerprint density at radius 2 is 1.85 bits per heavy atom. The third kappa shape index (κ3) is 4.10. The number of hydrogen-bond acceptors (Lipinski definition) is 6. The molecule has 1 N–H and O–H groups in total. The Morgan fingerprint density at radius 3 is 2.42 bits per heavy atom. The number of thiazole rings is 1. The molecule has 3 rings (SSSR count). The maximum Gasteiger partial charge on any atom is 0.433 e. The van der Waals surface area contributed by atoms with Crippen LogP contribution in [-0.4, -0.2) is 29.0 Å². The molecule has 0 spiro atoms. The van der Waals surface area contributed by atoms with Crippen molar-refractivity contribution in [1.82, 2.24) is 15.0 Å². The number of nitrogens with one attached hydrogen (secondary N) is 1. The highest BCUT2D eigenvalue weighted by Crippen LogP contribution is 2.32. The van der Waals surface area contributed by atoms with Gasteiger partial charge in [0.15, 0.2) is 5.69 Å². The van der Waals surface area contributed by atoms with Crippen molar-refractivity contribution in [2.24, 2.45) is 0 Å². The molecule has 9 heteroatoms. The highest BCUT2D eigenvalue weighted by molar-refractivity contribution is 7.09. The van der Waals surface area contributed by atoms with Gasteiger partial charge in [-0.05, 0) is 5.56 Å². The van der Waals surface area contributed by atoms with Crippen molar-refractivity contribution >= 4 is 23.1 Å². The van der Waals surface area contributed by atoms with E-state index < -0.39 is 17.9 Å². The van der Waals surface area contributed by atoms with Crippen LogP contribution in [0.2, 0.25) is 0 Å². The molecule has 0 aliphatic carbocycles. The molecule has 0 aliphatic heterocycles. The van der Waals surface area contributed by atoms with E-state index in [1.807, 2.05) is 35.7 Å². The molecule has 0 bridgehead atoms. The lowest BCUT2D eigenvalue weighted by atomic mass is 10.1. The Bertz CT molecular complexity index is 851. The van der Waals surface area contributed by atoms with E-state index in [-0.39, 0.29) is 11.8 Å². The minimum atomic E-state index is -4.56. The van der Waals surface area contributed by atoms with E-state index in [0.717, 1.165) is 11.6 Å². The van der Waals surface area contributed by atoms with Gasteiger partial charge in [0.05, 0.1) is 0 Å². The first kappa shape index (κ1) is 18.1. The van der Waals surface area contributed by atoms with E-state index in [4.69, 9.17) is 0 Å². The molecule has 1 atom stereocenters. The van der Waals surface area contributed by atoms with Gasteiger partial charge < -0.3 is 10.2 Å². The zero-order chi connectivity index (χ0) is 18.7. The minimum Gasteiger partial charge on any atom is -0.363 e. The lowest BCUT2D eigenvalue weighted by molar-refractivity contribution is -0.141. The maximum absolute atomic E-state index is 13.2. The fourth-order valence-electron chi connectivity index (χ4n) is 2.31. The summed E-state index contributed by atoms with van der Waals surface area (Å²) in [6, 6.07) is 9.80. The number of aromatic nitrogens is 3. The van der Waals surface area contributed by atoms with E-state index in [1.165, 1.54) is 16.2 Å². The van der Waals surface area contributed by atoms with Crippen LogP contribution in [0.5, 0.6) is 0 Å². The number of hydrogen-bond donors (Lipinski definition) is 1. The lowest BCUT2D eigenvalue weighted by Gasteiger charge is -2.20. The zero-order valence-electron chi connectivity index (χ0n) is 14.0. The summed E-state index contributed by atoms with van der Waals surface area (Å²) in [6.07, 6.45) is -2.91. The molecule has 0 saturated carbocycles. The van der Waals surface area contributed by atoms with Crippen molar-refractivity contribution in [2.45, 2.75) is 12.2 Å². The van der Waals surface area contributed by atoms with Crippen molar-refractivity contribution < 1.29 is 13.2 Å². The van der Waals surface area contributed by atoms with Crippen LogP contribution in [0.1, 0.15) is 22.3 Å². The number of rotatable bonds is 5. The second kappa shape index (κ2) is 7.28. The summed E-state index contributed by atoms with van der Waals surface area (Å²) in [5.41, 5.74) is -0.139. The predicted octanol–water partition coefficient (Wildman–Crippen LogP) is 4.22. The summed E-state index contributed by atoms with van der Waals surface area (Å²) >= 11 is 1.40. The van der Waals surface area contributed by atoms with Gasteiger partial charge >= 0.3 is 6.18 Å². The molecule has 1 unspecified atom stereocenters. The molecule has 2 heterocycles. The van der Waals surface area contributed by atoms with Crippen molar-refractivity contribution in [1.29, 1.82) is 0 Å². The van der Waals surface area contributed by atoms with Crippen molar-refractivity contribution in [2.75, 3.05) is 24.3 Å². The van der Waals surface area contributed by atoms with Gasteiger partial charge in [-0.2, -0.15) is 18.2 Å². The van der Waals surface area contributed by atoms with Gasteiger partial charge in [0.25, 0.3) is 0 Å². The van der Waals surface area contributed by atoms with Crippen LogP contribution >= 0.6 is 11.3 Å². The average molecular weight is 379 g/mol. The predicted molar refractivity (Wildman–Crippen MR) is 95.4 cm³/mol. The van der Waals surface area contributed by atoms with E-state index in [2.05, 4.69) is 20.3 Å². The quantitative estimate of drug-likeness (QED) is 0.719. The monoisotopic (exact) mass is 379 g/mol. The Kier molecular flexibility index (Phi) is 5.08. The molecule has 2 aromatic heterocycles. The van der Waals surface area contributed by atoms with Gasteiger partial charge in [0, 0.05) is 31.7 Å². The third-order valence-corrected chi connectivity index (χ3v) is 4.41. The van der Waals surface area contributed by atoms with E-state index in [9.17, 15) is 13.2 Å². The van der Waals surface area contributed by atoms with Crippen LogP contribution in [0.25, 0.3) is 0 Å². The van der Waals surface area contributed by atoms with E-state index in [0.29, 0.717) is 5.01 Å². The molecule has 5 nitrogen and oxygen atoms in total. The summed E-state index contributed by atoms with van der Waals surface area (Å²) in [5, 5.41) is 5.53. The minimum absolute atomic E-state index is 0.104. The molecule has 0 aliphatic rings. The number of nitrogens with zero attached hydrogens (tertiary/aromatic N) is 4. The molecular formula is C17H16F3N5S. The Morgan fingerprint density at radius 1 is 1.12 bits per heavy atom. The van der Waals surface area contributed by atoms with Crippen LogP contribution in [-0.2, 0) is 6.18 Å². The first-order valence-corrected chi connectivity index (χ1v) is 8.57. The zero-order valence-corrected chi connectivity index (χ0v) is 14.8. The molecule has 1 aromatic carbocycles. The molecule has 0 saturated heterocycles. The molecule has 0 fully saturated rings. The fourth-order valence-corrected chi connectivity index (χ4v) is 3.03. The van der Waals surface area contributed by atoms with Crippen LogP contribution in [0, 0.1) is 0 Å². The normalized spacial score (nSPS) is 12.7. The summed E-state index contributed by atoms with van der Waals surface area (Å²) < 4.78 is 39.6. The standard InChI is InChI=1S/C17H16F3N5S/c1-25(2)13-10-12(17(18,19)20)22-16(23-13)24-14(15-21-8-9-26-15)11-6-4-3-5-7-11/h3-10,14H,1-2H3,(H,22,23,24). The molecule has 136 valence electrons. The third-order valence-electron chi connectivity index (χ3n) is 3.57. The van der Waals surface area contributed by atoms with Gasteiger partial charge in [-0.1, -0.05) is 30.3 Å². The smallest absolute Gasteiger partial charge is 0.363 e. The van der Waals surface area contributed by atoms with Crippen molar-refractivity contribution in [3.05, 3.63) is 64.2 Å². The van der Waals surface area contributed by atoms with Gasteiger partial charge in [0.1, 0.15) is 16.9 Å². The number of benzene rings is 1. The van der Waals surface area contributed by atoms with E-state index in [1.54, 1.807) is 20.3 Å². The Hall–Kier alpha value is -2.68. The lowest BCUT2D eigenvalue weighted by Crippen LogP contribution is -2.20. The number of alkyl halides is 3. The van der Waals surface area contributed by atoms with Crippen LogP contribution in [0.4, 0.5) is 24.9 Å². The van der Waals surface area contributed by atoms with Crippen LogP contribution < -0.4 is 10.2 Å². The average Bonchev–Trinajstić information content (AvgIpc) is 3.13. The molecular weight excluding hydrogens is 363 g/mol. The van der Waals surface area contributed by atoms with Crippen molar-refractivity contribution in [3.63, 3.8) is 0 Å². The maximum atomic E-state index is 13.2. The summed E-state index contributed by atoms with van der Waals surface area (Å²) in [7, 11) is 3.25. The highest BCUT2D eigenvalue weighted by atomic mass is 32.1. The topological polar surface area (TPSA) is 53.9 Å². The van der Waals surface area contributed by atoms with Gasteiger partial charge in [0.2, 0.25) is 5.95 Å². The Labute approximate surface area is 152 Å². The largest absolute Gasteiger partial charge is 0.433 e. The second-order valence-corrected chi connectivity index (χ2v) is 6.61. The van der Waals surface area contributed by atoms with Crippen LogP contribution in [0.3, 0.4) is 0 Å². The van der Waals surface area contributed by atoms with Crippen LogP contribution in [0.15, 0.2) is 48.0 Å². The van der Waals surface area contributed by atoms with Gasteiger partial charge in [-0.15, -0.1) is 11.3 Å². The molecule has 26 heavy (non-hydrogen) atoms. The van der Waals surface area contributed by atoms with E-state index >= 15 is 0 Å². The van der Waals surface area contributed by atoms with Gasteiger partial charge in [-0.3, -0.25) is 0 Å². The second-order valence-electron chi connectivity index (χ2n) is 5.69. The number of anilines is 2. The fraction of sp³-hybridized carbons (Fsp3) is 0.235. The molecule has 0 radical (unpaired) electrons. The first-order chi connectivity index (χ1) is 12.3.